The zero-order chi connectivity index (χ0) is 14.5. The zero-order valence-electron chi connectivity index (χ0n) is 11.9. The van der Waals surface area contributed by atoms with Gasteiger partial charge in [0.25, 0.3) is 0 Å². The molecule has 2 rings (SSSR count). The van der Waals surface area contributed by atoms with Crippen molar-refractivity contribution in [2.75, 3.05) is 20.3 Å². The smallest absolute Gasteiger partial charge is 0.308 e. The Morgan fingerprint density at radius 1 is 1.45 bits per heavy atom. The second-order valence-corrected chi connectivity index (χ2v) is 4.75. The van der Waals surface area contributed by atoms with Crippen molar-refractivity contribution in [3.8, 4) is 5.75 Å². The lowest BCUT2D eigenvalue weighted by Crippen LogP contribution is -2.27. The van der Waals surface area contributed by atoms with Crippen LogP contribution in [0.25, 0.3) is 0 Å². The van der Waals surface area contributed by atoms with Gasteiger partial charge in [0.05, 0.1) is 26.7 Å². The molecule has 2 N–H and O–H groups in total. The van der Waals surface area contributed by atoms with Crippen molar-refractivity contribution >= 4 is 5.97 Å². The molecule has 0 radical (unpaired) electrons. The number of carbonyl (C=O) groups excluding carboxylic acids is 1. The number of fused-ring (bicyclic) bond motifs is 1. The third-order valence-corrected chi connectivity index (χ3v) is 3.41. The van der Waals surface area contributed by atoms with Crippen molar-refractivity contribution < 1.29 is 19.0 Å². The van der Waals surface area contributed by atoms with Gasteiger partial charge in [-0.1, -0.05) is 12.1 Å². The fourth-order valence-corrected chi connectivity index (χ4v) is 2.55. The third-order valence-electron chi connectivity index (χ3n) is 3.41. The molecule has 0 saturated heterocycles. The van der Waals surface area contributed by atoms with Crippen LogP contribution in [0.1, 0.15) is 30.6 Å². The topological polar surface area (TPSA) is 70.8 Å². The highest BCUT2D eigenvalue weighted by atomic mass is 16.5. The largest absolute Gasteiger partial charge is 0.496 e. The summed E-state index contributed by atoms with van der Waals surface area (Å²) < 4.78 is 16.0. The number of benzene rings is 1. The average Bonchev–Trinajstić information content (AvgIpc) is 2.75. The number of carbonyl (C=O) groups is 1. The summed E-state index contributed by atoms with van der Waals surface area (Å²) in [7, 11) is 1.63. The molecule has 2 unspecified atom stereocenters. The van der Waals surface area contributed by atoms with E-state index in [9.17, 15) is 4.79 Å². The molecular weight excluding hydrogens is 258 g/mol. The number of hydrogen-bond acceptors (Lipinski definition) is 5. The molecular formula is C15H21NO4. The van der Waals surface area contributed by atoms with Gasteiger partial charge in [-0.25, -0.2) is 0 Å². The number of ether oxygens (including phenoxy) is 3. The number of esters is 1. The molecule has 1 aliphatic carbocycles. The molecule has 0 spiro atoms. The fraction of sp³-hybridized carbons (Fsp3) is 0.533. The van der Waals surface area contributed by atoms with Crippen LogP contribution in [0.15, 0.2) is 18.2 Å². The Balaban J connectivity index is 2.01. The van der Waals surface area contributed by atoms with Crippen molar-refractivity contribution in [3.05, 3.63) is 29.3 Å². The Morgan fingerprint density at radius 2 is 2.25 bits per heavy atom. The average molecular weight is 279 g/mol. The molecule has 5 nitrogen and oxygen atoms in total. The van der Waals surface area contributed by atoms with Crippen molar-refractivity contribution in [2.24, 2.45) is 5.73 Å². The highest BCUT2D eigenvalue weighted by Gasteiger charge is 2.33. The van der Waals surface area contributed by atoms with Gasteiger partial charge >= 0.3 is 5.97 Å². The summed E-state index contributed by atoms with van der Waals surface area (Å²) in [6.45, 7) is 2.47. The van der Waals surface area contributed by atoms with Crippen LogP contribution >= 0.6 is 0 Å². The summed E-state index contributed by atoms with van der Waals surface area (Å²) in [4.78, 5) is 11.3. The van der Waals surface area contributed by atoms with E-state index < -0.39 is 0 Å². The van der Waals surface area contributed by atoms with E-state index in [0.29, 0.717) is 13.2 Å². The molecule has 0 fully saturated rings. The van der Waals surface area contributed by atoms with Gasteiger partial charge in [-0.15, -0.1) is 0 Å². The first-order valence-electron chi connectivity index (χ1n) is 6.86. The minimum atomic E-state index is -0.251. The molecule has 0 aliphatic heterocycles. The first-order valence-corrected chi connectivity index (χ1v) is 6.86. The predicted octanol–water partition coefficient (Wildman–Crippen LogP) is 1.59. The molecule has 2 atom stereocenters. The maximum absolute atomic E-state index is 11.3. The fourth-order valence-electron chi connectivity index (χ4n) is 2.55. The summed E-state index contributed by atoms with van der Waals surface area (Å²) in [5.41, 5.74) is 8.29. The van der Waals surface area contributed by atoms with Gasteiger partial charge in [-0.3, -0.25) is 4.79 Å². The first-order chi connectivity index (χ1) is 9.67. The van der Waals surface area contributed by atoms with Gasteiger partial charge in [0, 0.05) is 11.6 Å². The van der Waals surface area contributed by atoms with Crippen LogP contribution in [0, 0.1) is 0 Å². The molecule has 0 aromatic heterocycles. The summed E-state index contributed by atoms with van der Waals surface area (Å²) in [5, 5.41) is 0. The van der Waals surface area contributed by atoms with Gasteiger partial charge in [0.15, 0.2) is 0 Å². The van der Waals surface area contributed by atoms with E-state index in [4.69, 9.17) is 19.9 Å². The highest BCUT2D eigenvalue weighted by molar-refractivity contribution is 5.69. The standard InChI is InChI=1S/C15H21NO4/c1-3-19-13(17)7-8-20-15-11(16)9-10-5-4-6-12(18-2)14(10)15/h4-6,11,15H,3,7-9,16H2,1-2H3. The summed E-state index contributed by atoms with van der Waals surface area (Å²) >= 11 is 0. The molecule has 0 bridgehead atoms. The van der Waals surface area contributed by atoms with E-state index in [1.54, 1.807) is 14.0 Å². The predicted molar refractivity (Wildman–Crippen MR) is 74.6 cm³/mol. The van der Waals surface area contributed by atoms with Crippen LogP contribution < -0.4 is 10.5 Å². The van der Waals surface area contributed by atoms with E-state index in [2.05, 4.69) is 0 Å². The number of methoxy groups -OCH3 is 1. The maximum Gasteiger partial charge on any atom is 0.308 e. The lowest BCUT2D eigenvalue weighted by molar-refractivity contribution is -0.144. The van der Waals surface area contributed by atoms with E-state index >= 15 is 0 Å². The SMILES string of the molecule is CCOC(=O)CCOC1c2c(cccc2OC)CC1N. The Morgan fingerprint density at radius 3 is 2.95 bits per heavy atom. The number of hydrogen-bond donors (Lipinski definition) is 1. The van der Waals surface area contributed by atoms with Crippen LogP contribution in [-0.4, -0.2) is 32.3 Å². The minimum absolute atomic E-state index is 0.108. The highest BCUT2D eigenvalue weighted by Crippen LogP contribution is 2.39. The molecule has 20 heavy (non-hydrogen) atoms. The van der Waals surface area contributed by atoms with Gasteiger partial charge in [0.1, 0.15) is 11.9 Å². The van der Waals surface area contributed by atoms with Crippen molar-refractivity contribution in [3.63, 3.8) is 0 Å². The minimum Gasteiger partial charge on any atom is -0.496 e. The Labute approximate surface area is 119 Å². The Hall–Kier alpha value is -1.59. The van der Waals surface area contributed by atoms with Crippen molar-refractivity contribution in [1.82, 2.24) is 0 Å². The monoisotopic (exact) mass is 279 g/mol. The van der Waals surface area contributed by atoms with Crippen molar-refractivity contribution in [1.29, 1.82) is 0 Å². The van der Waals surface area contributed by atoms with E-state index in [1.807, 2.05) is 18.2 Å². The molecule has 5 heteroatoms. The van der Waals surface area contributed by atoms with Crippen LogP contribution in [0.2, 0.25) is 0 Å². The van der Waals surface area contributed by atoms with E-state index in [-0.39, 0.29) is 24.5 Å². The number of nitrogens with two attached hydrogens (primary N) is 1. The summed E-state index contributed by atoms with van der Waals surface area (Å²) in [5.74, 6) is 0.538. The first kappa shape index (κ1) is 14.8. The van der Waals surface area contributed by atoms with Crippen LogP contribution in [0.4, 0.5) is 0 Å². The second kappa shape index (κ2) is 6.72. The summed E-state index contributed by atoms with van der Waals surface area (Å²) in [6, 6.07) is 5.78. The molecule has 1 aliphatic rings. The van der Waals surface area contributed by atoms with Crippen LogP contribution in [0.3, 0.4) is 0 Å². The van der Waals surface area contributed by atoms with Gasteiger partial charge in [-0.05, 0) is 25.0 Å². The van der Waals surface area contributed by atoms with Gasteiger partial charge in [0.2, 0.25) is 0 Å². The van der Waals surface area contributed by atoms with Crippen LogP contribution in [-0.2, 0) is 20.7 Å². The van der Waals surface area contributed by atoms with Gasteiger partial charge < -0.3 is 19.9 Å². The Bertz CT molecular complexity index is 475. The van der Waals surface area contributed by atoms with Crippen LogP contribution in [0.5, 0.6) is 5.75 Å². The number of rotatable bonds is 6. The lowest BCUT2D eigenvalue weighted by Gasteiger charge is -2.19. The lowest BCUT2D eigenvalue weighted by atomic mass is 10.1. The molecule has 1 aromatic rings. The molecule has 0 saturated carbocycles. The second-order valence-electron chi connectivity index (χ2n) is 4.75. The molecule has 0 heterocycles. The molecule has 1 aromatic carbocycles. The van der Waals surface area contributed by atoms with E-state index in [1.165, 1.54) is 0 Å². The zero-order valence-corrected chi connectivity index (χ0v) is 11.9. The third kappa shape index (κ3) is 3.11. The van der Waals surface area contributed by atoms with Crippen molar-refractivity contribution in [2.45, 2.75) is 31.9 Å². The van der Waals surface area contributed by atoms with Gasteiger partial charge in [-0.2, -0.15) is 0 Å². The maximum atomic E-state index is 11.3. The molecule has 0 amide bonds. The van der Waals surface area contributed by atoms with E-state index in [0.717, 1.165) is 23.3 Å². The normalized spacial score (nSPS) is 20.6. The summed E-state index contributed by atoms with van der Waals surface area (Å²) in [6.07, 6.45) is 0.772. The Kier molecular flexibility index (Phi) is 4.98. The quantitative estimate of drug-likeness (QED) is 0.801. The molecule has 110 valence electrons.